The monoisotopic (exact) mass is 515 g/mol. The zero-order valence-electron chi connectivity index (χ0n) is 20.2. The number of piperazine rings is 1. The van der Waals surface area contributed by atoms with E-state index in [9.17, 15) is 4.79 Å². The van der Waals surface area contributed by atoms with Gasteiger partial charge in [0.05, 0.1) is 16.9 Å². The smallest absolute Gasteiger partial charge is 0.267 e. The summed E-state index contributed by atoms with van der Waals surface area (Å²) in [4.78, 5) is 31.5. The van der Waals surface area contributed by atoms with Gasteiger partial charge in [-0.1, -0.05) is 35.1 Å². The van der Waals surface area contributed by atoms with Crippen LogP contribution in [0, 0.1) is 13.8 Å². The van der Waals surface area contributed by atoms with Crippen molar-refractivity contribution in [2.75, 3.05) is 62.0 Å². The molecule has 0 unspecified atom stereocenters. The fourth-order valence-corrected chi connectivity index (χ4v) is 4.91. The van der Waals surface area contributed by atoms with Crippen LogP contribution in [0.25, 0.3) is 0 Å². The van der Waals surface area contributed by atoms with Crippen LogP contribution in [0.4, 0.5) is 22.5 Å². The number of thiazole rings is 1. The summed E-state index contributed by atoms with van der Waals surface area (Å²) < 4.78 is 5.16. The number of hydrogen-bond donors (Lipinski definition) is 2. The molecule has 1 aliphatic rings. The topological polar surface area (TPSA) is 95.5 Å². The molecular weight excluding hydrogens is 486 g/mol. The van der Waals surface area contributed by atoms with Gasteiger partial charge in [0.2, 0.25) is 0 Å². The number of carbonyl (C=O) groups is 1. The molecule has 0 radical (unpaired) electrons. The first-order valence-electron chi connectivity index (χ1n) is 11.5. The Labute approximate surface area is 214 Å². The van der Waals surface area contributed by atoms with Crippen LogP contribution < -0.4 is 15.5 Å². The second-order valence-corrected chi connectivity index (χ2v) is 9.81. The molecule has 4 rings (SSSR count). The molecule has 1 aliphatic heterocycles. The molecule has 2 aromatic heterocycles. The van der Waals surface area contributed by atoms with Gasteiger partial charge in [-0.05, 0) is 31.9 Å². The minimum atomic E-state index is -0.255. The van der Waals surface area contributed by atoms with Gasteiger partial charge in [0.1, 0.15) is 22.3 Å². The van der Waals surface area contributed by atoms with Crippen LogP contribution in [0.3, 0.4) is 0 Å². The van der Waals surface area contributed by atoms with E-state index in [1.54, 1.807) is 19.4 Å². The van der Waals surface area contributed by atoms with Gasteiger partial charge >= 0.3 is 0 Å². The highest BCUT2D eigenvalue weighted by Gasteiger charge is 2.19. The third-order valence-electron chi connectivity index (χ3n) is 5.77. The Bertz CT molecular complexity index is 1140. The van der Waals surface area contributed by atoms with E-state index in [2.05, 4.69) is 35.4 Å². The zero-order chi connectivity index (χ0) is 24.8. The molecule has 1 aromatic carbocycles. The van der Waals surface area contributed by atoms with E-state index in [0.29, 0.717) is 32.4 Å². The average molecular weight is 516 g/mol. The molecule has 35 heavy (non-hydrogen) atoms. The minimum absolute atomic E-state index is 0.255. The predicted molar refractivity (Wildman–Crippen MR) is 141 cm³/mol. The Morgan fingerprint density at radius 1 is 1.20 bits per heavy atom. The second kappa shape index (κ2) is 11.8. The van der Waals surface area contributed by atoms with Gasteiger partial charge in [0.25, 0.3) is 5.91 Å². The van der Waals surface area contributed by atoms with Crippen molar-refractivity contribution in [3.05, 3.63) is 51.7 Å². The predicted octanol–water partition coefficient (Wildman–Crippen LogP) is 4.36. The van der Waals surface area contributed by atoms with Gasteiger partial charge in [0, 0.05) is 52.5 Å². The van der Waals surface area contributed by atoms with Crippen LogP contribution in [0.5, 0.6) is 0 Å². The number of hydrogen-bond acceptors (Lipinski definition) is 9. The summed E-state index contributed by atoms with van der Waals surface area (Å²) in [5.74, 6) is 1.96. The number of rotatable bonds is 9. The van der Waals surface area contributed by atoms with Crippen molar-refractivity contribution >= 4 is 51.3 Å². The number of nitrogens with one attached hydrogen (secondary N) is 2. The molecule has 3 aromatic rings. The van der Waals surface area contributed by atoms with E-state index in [1.165, 1.54) is 11.3 Å². The van der Waals surface area contributed by atoms with Gasteiger partial charge in [-0.25, -0.2) is 15.0 Å². The second-order valence-electron chi connectivity index (χ2n) is 8.37. The molecule has 0 spiro atoms. The van der Waals surface area contributed by atoms with E-state index in [0.717, 1.165) is 57.1 Å². The highest BCUT2D eigenvalue weighted by Crippen LogP contribution is 2.28. The van der Waals surface area contributed by atoms with Crippen molar-refractivity contribution in [3.63, 3.8) is 0 Å². The Balaban J connectivity index is 1.38. The molecule has 186 valence electrons. The van der Waals surface area contributed by atoms with Crippen molar-refractivity contribution < 1.29 is 9.53 Å². The van der Waals surface area contributed by atoms with E-state index >= 15 is 0 Å². The maximum atomic E-state index is 12.7. The number of nitrogens with zero attached hydrogens (tertiary/aromatic N) is 5. The summed E-state index contributed by atoms with van der Waals surface area (Å²) in [6.07, 6.45) is 2.59. The number of ether oxygens (including phenoxy) is 1. The Morgan fingerprint density at radius 3 is 2.74 bits per heavy atom. The number of carbonyl (C=O) groups excluding carboxylic acids is 1. The minimum Gasteiger partial charge on any atom is -0.385 e. The maximum Gasteiger partial charge on any atom is 0.267 e. The van der Waals surface area contributed by atoms with Gasteiger partial charge in [0.15, 0.2) is 5.13 Å². The number of halogens is 1. The van der Waals surface area contributed by atoms with Crippen molar-refractivity contribution in [1.82, 2.24) is 19.9 Å². The van der Waals surface area contributed by atoms with E-state index in [-0.39, 0.29) is 5.91 Å². The molecule has 1 fully saturated rings. The number of anilines is 4. The molecule has 0 aliphatic carbocycles. The molecule has 1 amide bonds. The van der Waals surface area contributed by atoms with Crippen molar-refractivity contribution in [2.24, 2.45) is 0 Å². The Morgan fingerprint density at radius 2 is 2.00 bits per heavy atom. The molecule has 1 saturated heterocycles. The SMILES string of the molecule is COCCCN1CCN(c2cc(Nc3ncc(C(=O)Nc4c(C)cccc4Cl)s3)nc(C)n2)CC1. The van der Waals surface area contributed by atoms with Gasteiger partial charge in [-0.3, -0.25) is 9.69 Å². The lowest BCUT2D eigenvalue weighted by atomic mass is 10.2. The third kappa shape index (κ3) is 6.66. The Kier molecular flexibility index (Phi) is 8.50. The van der Waals surface area contributed by atoms with E-state index < -0.39 is 0 Å². The maximum absolute atomic E-state index is 12.7. The lowest BCUT2D eigenvalue weighted by Gasteiger charge is -2.35. The van der Waals surface area contributed by atoms with Crippen LogP contribution in [-0.4, -0.2) is 72.2 Å². The molecule has 9 nitrogen and oxygen atoms in total. The molecule has 0 saturated carbocycles. The number of methoxy groups -OCH3 is 1. The van der Waals surface area contributed by atoms with Crippen LogP contribution in [0.2, 0.25) is 5.02 Å². The number of amides is 1. The van der Waals surface area contributed by atoms with Crippen molar-refractivity contribution in [1.29, 1.82) is 0 Å². The highest BCUT2D eigenvalue weighted by atomic mass is 35.5. The summed E-state index contributed by atoms with van der Waals surface area (Å²) >= 11 is 7.49. The van der Waals surface area contributed by atoms with Crippen molar-refractivity contribution in [3.8, 4) is 0 Å². The quantitative estimate of drug-likeness (QED) is 0.406. The fraction of sp³-hybridized carbons (Fsp3) is 0.417. The first-order chi connectivity index (χ1) is 16.9. The number of para-hydroxylation sites is 1. The Hall–Kier alpha value is -2.79. The summed E-state index contributed by atoms with van der Waals surface area (Å²) in [7, 11) is 1.74. The number of aromatic nitrogens is 3. The lowest BCUT2D eigenvalue weighted by molar-refractivity contribution is 0.103. The van der Waals surface area contributed by atoms with Gasteiger partial charge < -0.3 is 20.3 Å². The standard InChI is InChI=1S/C24H30ClN7O2S/c1-16-6-4-7-18(25)22(16)30-23(33)19-15-26-24(35-19)29-20-14-21(28-17(2)27-20)32-11-9-31(10-12-32)8-5-13-34-3/h4,6-7,14-15H,5,8-13H2,1-3H3,(H,30,33)(H,26,27,28,29). The van der Waals surface area contributed by atoms with Crippen LogP contribution in [0.15, 0.2) is 30.5 Å². The van der Waals surface area contributed by atoms with Gasteiger partial charge in [-0.15, -0.1) is 0 Å². The van der Waals surface area contributed by atoms with E-state index in [1.807, 2.05) is 32.0 Å². The van der Waals surface area contributed by atoms with Gasteiger partial charge in [-0.2, -0.15) is 0 Å². The van der Waals surface area contributed by atoms with Crippen LogP contribution in [0.1, 0.15) is 27.5 Å². The summed E-state index contributed by atoms with van der Waals surface area (Å²) in [5, 5.41) is 7.19. The molecule has 11 heteroatoms. The normalized spacial score (nSPS) is 14.2. The molecular formula is C24H30ClN7O2S. The molecule has 2 N–H and O–H groups in total. The summed E-state index contributed by atoms with van der Waals surface area (Å²) in [6.45, 7) is 9.42. The van der Waals surface area contributed by atoms with Crippen molar-refractivity contribution in [2.45, 2.75) is 20.3 Å². The summed E-state index contributed by atoms with van der Waals surface area (Å²) in [6, 6.07) is 7.43. The molecule has 0 atom stereocenters. The third-order valence-corrected chi connectivity index (χ3v) is 6.99. The first-order valence-corrected chi connectivity index (χ1v) is 12.7. The number of benzene rings is 1. The van der Waals surface area contributed by atoms with Crippen LogP contribution >= 0.6 is 22.9 Å². The molecule has 0 bridgehead atoms. The fourth-order valence-electron chi connectivity index (χ4n) is 3.92. The highest BCUT2D eigenvalue weighted by molar-refractivity contribution is 7.17. The molecule has 3 heterocycles. The lowest BCUT2D eigenvalue weighted by Crippen LogP contribution is -2.47. The first kappa shape index (κ1) is 25.3. The largest absolute Gasteiger partial charge is 0.385 e. The van der Waals surface area contributed by atoms with Crippen LogP contribution in [-0.2, 0) is 4.74 Å². The van der Waals surface area contributed by atoms with E-state index in [4.69, 9.17) is 16.3 Å². The zero-order valence-corrected chi connectivity index (χ0v) is 21.7. The average Bonchev–Trinajstić information content (AvgIpc) is 3.30. The number of aryl methyl sites for hydroxylation is 2. The summed E-state index contributed by atoms with van der Waals surface area (Å²) in [5.41, 5.74) is 1.51.